The summed E-state index contributed by atoms with van der Waals surface area (Å²) >= 11 is 0. The Morgan fingerprint density at radius 3 is 2.50 bits per heavy atom. The lowest BCUT2D eigenvalue weighted by Crippen LogP contribution is -2.62. The summed E-state index contributed by atoms with van der Waals surface area (Å²) in [7, 11) is 0. The maximum Gasteiger partial charge on any atom is 0.248 e. The third-order valence-corrected chi connectivity index (χ3v) is 6.96. The number of nitrogens with zero attached hydrogens (tertiary/aromatic N) is 6. The zero-order valence-corrected chi connectivity index (χ0v) is 20.0. The van der Waals surface area contributed by atoms with Gasteiger partial charge in [0.2, 0.25) is 11.8 Å². The van der Waals surface area contributed by atoms with E-state index >= 15 is 0 Å². The van der Waals surface area contributed by atoms with Crippen LogP contribution in [0.4, 0.5) is 5.69 Å². The Morgan fingerprint density at radius 1 is 1.15 bits per heavy atom. The summed E-state index contributed by atoms with van der Waals surface area (Å²) < 4.78 is 1.65. The van der Waals surface area contributed by atoms with Crippen molar-refractivity contribution in [1.29, 1.82) is 0 Å². The quantitative estimate of drug-likeness (QED) is 0.654. The Hall–Kier alpha value is -3.01. The van der Waals surface area contributed by atoms with Crippen LogP contribution in [0.2, 0.25) is 0 Å². The van der Waals surface area contributed by atoms with E-state index in [1.165, 1.54) is 4.90 Å². The second-order valence-corrected chi connectivity index (χ2v) is 10.9. The number of carbonyl (C=O) groups excluding carboxylic acids is 2. The van der Waals surface area contributed by atoms with Crippen LogP contribution in [0, 0.1) is 5.41 Å². The Morgan fingerprint density at radius 2 is 1.85 bits per heavy atom. The van der Waals surface area contributed by atoms with Crippen molar-refractivity contribution in [3.63, 3.8) is 0 Å². The molecule has 0 aromatic carbocycles. The molecule has 1 saturated carbocycles. The van der Waals surface area contributed by atoms with Gasteiger partial charge >= 0.3 is 0 Å². The number of aromatic nitrogens is 4. The zero-order valence-electron chi connectivity index (χ0n) is 20.0. The molecule has 2 aromatic rings. The van der Waals surface area contributed by atoms with Crippen molar-refractivity contribution >= 4 is 17.5 Å². The zero-order chi connectivity index (χ0) is 24.0. The number of β-amino-alcohol motifs (C(OH)–C–C–N with tert-alkyl or cyclic N) is 1. The van der Waals surface area contributed by atoms with Crippen LogP contribution >= 0.6 is 0 Å². The number of pyridine rings is 1. The number of aliphatic hydroxyl groups excluding tert-OH is 1. The molecule has 4 heterocycles. The number of hydrogen-bond donors (Lipinski definition) is 2. The van der Waals surface area contributed by atoms with Gasteiger partial charge in [-0.05, 0) is 30.4 Å². The fourth-order valence-corrected chi connectivity index (χ4v) is 4.96. The van der Waals surface area contributed by atoms with E-state index in [4.69, 9.17) is 0 Å². The van der Waals surface area contributed by atoms with Crippen LogP contribution in [0.1, 0.15) is 57.7 Å². The molecule has 2 saturated heterocycles. The minimum atomic E-state index is -0.729. The van der Waals surface area contributed by atoms with E-state index in [1.807, 2.05) is 39.1 Å². The molecule has 3 fully saturated rings. The van der Waals surface area contributed by atoms with E-state index in [-0.39, 0.29) is 30.8 Å². The smallest absolute Gasteiger partial charge is 0.248 e. The summed E-state index contributed by atoms with van der Waals surface area (Å²) in [6, 6.07) is 2.58. The molecule has 182 valence electrons. The Bertz CT molecular complexity index is 1040. The lowest BCUT2D eigenvalue weighted by molar-refractivity contribution is -0.144. The average molecular weight is 468 g/mol. The van der Waals surface area contributed by atoms with Gasteiger partial charge in [0, 0.05) is 56.3 Å². The topological polar surface area (TPSA) is 116 Å². The van der Waals surface area contributed by atoms with Crippen molar-refractivity contribution in [1.82, 2.24) is 30.2 Å². The molecule has 2 N–H and O–H groups in total. The highest BCUT2D eigenvalue weighted by Gasteiger charge is 2.46. The molecular weight excluding hydrogens is 434 g/mol. The van der Waals surface area contributed by atoms with Crippen LogP contribution in [0.25, 0.3) is 0 Å². The standard InChI is InChI=1S/C24H33N7O3/c1-24(2,3)21(31-14-19(27-28-31)15-4-5-15)23(34)30-13-18(32)10-20(30)22(33)26-16-11-29(12-16)17-6-8-25-9-7-17/h6-9,14-16,18,20-21,32H,4-5,10-13H2,1-3H3,(H,26,33)/t18-,20+,21-/m1/s1. The van der Waals surface area contributed by atoms with E-state index < -0.39 is 23.6 Å². The van der Waals surface area contributed by atoms with Crippen LogP contribution in [0.5, 0.6) is 0 Å². The van der Waals surface area contributed by atoms with Gasteiger partial charge in [0.05, 0.1) is 17.8 Å². The minimum absolute atomic E-state index is 0.00480. The number of nitrogens with one attached hydrogen (secondary N) is 1. The van der Waals surface area contributed by atoms with Gasteiger partial charge in [0.25, 0.3) is 0 Å². The first-order valence-electron chi connectivity index (χ1n) is 12.1. The van der Waals surface area contributed by atoms with Crippen molar-refractivity contribution in [3.05, 3.63) is 36.4 Å². The van der Waals surface area contributed by atoms with Crippen molar-refractivity contribution < 1.29 is 14.7 Å². The highest BCUT2D eigenvalue weighted by atomic mass is 16.3. The molecular formula is C24H33N7O3. The van der Waals surface area contributed by atoms with E-state index in [9.17, 15) is 14.7 Å². The predicted octanol–water partition coefficient (Wildman–Crippen LogP) is 1.10. The van der Waals surface area contributed by atoms with Crippen LogP contribution in [-0.4, -0.2) is 79.6 Å². The monoisotopic (exact) mass is 467 g/mol. The van der Waals surface area contributed by atoms with Crippen molar-refractivity contribution in [2.45, 2.75) is 70.2 Å². The number of likely N-dealkylation sites (tertiary alicyclic amines) is 1. The van der Waals surface area contributed by atoms with Gasteiger partial charge < -0.3 is 20.2 Å². The number of aliphatic hydroxyl groups is 1. The summed E-state index contributed by atoms with van der Waals surface area (Å²) in [6.45, 7) is 7.49. The molecule has 10 heteroatoms. The van der Waals surface area contributed by atoms with Gasteiger partial charge in [-0.1, -0.05) is 26.0 Å². The second kappa shape index (κ2) is 8.65. The number of amides is 2. The highest BCUT2D eigenvalue weighted by molar-refractivity contribution is 5.90. The normalized spacial score (nSPS) is 24.1. The van der Waals surface area contributed by atoms with Crippen molar-refractivity contribution in [3.8, 4) is 0 Å². The highest BCUT2D eigenvalue weighted by Crippen LogP contribution is 2.40. The largest absolute Gasteiger partial charge is 0.391 e. The first-order chi connectivity index (χ1) is 16.2. The molecule has 3 aliphatic rings. The summed E-state index contributed by atoms with van der Waals surface area (Å²) in [5.41, 5.74) is 1.54. The van der Waals surface area contributed by atoms with Crippen LogP contribution in [0.3, 0.4) is 0 Å². The number of carbonyl (C=O) groups is 2. The van der Waals surface area contributed by atoms with Gasteiger partial charge in [-0.15, -0.1) is 5.10 Å². The van der Waals surface area contributed by atoms with Crippen LogP contribution < -0.4 is 10.2 Å². The molecule has 0 bridgehead atoms. The molecule has 5 rings (SSSR count). The molecule has 10 nitrogen and oxygen atoms in total. The molecule has 2 amide bonds. The molecule has 2 aromatic heterocycles. The second-order valence-electron chi connectivity index (χ2n) is 10.9. The minimum Gasteiger partial charge on any atom is -0.391 e. The van der Waals surface area contributed by atoms with Crippen molar-refractivity contribution in [2.75, 3.05) is 24.5 Å². The summed E-state index contributed by atoms with van der Waals surface area (Å²) in [6.07, 6.45) is 7.08. The van der Waals surface area contributed by atoms with Gasteiger partial charge in [0.15, 0.2) is 0 Å². The molecule has 3 atom stereocenters. The molecule has 1 aliphatic carbocycles. The molecule has 34 heavy (non-hydrogen) atoms. The summed E-state index contributed by atoms with van der Waals surface area (Å²) in [5, 5.41) is 22.0. The summed E-state index contributed by atoms with van der Waals surface area (Å²) in [4.78, 5) is 34.7. The van der Waals surface area contributed by atoms with E-state index in [0.717, 1.165) is 24.2 Å². The maximum absolute atomic E-state index is 13.8. The van der Waals surface area contributed by atoms with Gasteiger partial charge in [-0.3, -0.25) is 14.6 Å². The molecule has 0 spiro atoms. The third kappa shape index (κ3) is 4.51. The third-order valence-electron chi connectivity index (χ3n) is 6.96. The van der Waals surface area contributed by atoms with Crippen LogP contribution in [-0.2, 0) is 9.59 Å². The van der Waals surface area contributed by atoms with Crippen LogP contribution in [0.15, 0.2) is 30.7 Å². The number of anilines is 1. The first-order valence-corrected chi connectivity index (χ1v) is 12.1. The Balaban J connectivity index is 1.27. The molecule has 0 radical (unpaired) electrons. The van der Waals surface area contributed by atoms with E-state index in [2.05, 4.69) is 25.5 Å². The lowest BCUT2D eigenvalue weighted by Gasteiger charge is -2.42. The number of rotatable bonds is 6. The SMILES string of the molecule is CC(C)(C)[C@@H](C(=O)N1C[C@H](O)C[C@H]1C(=O)NC1CN(c2ccncc2)C1)n1cc(C2CC2)nn1. The first kappa shape index (κ1) is 22.8. The fourth-order valence-electron chi connectivity index (χ4n) is 4.96. The Kier molecular flexibility index (Phi) is 5.79. The lowest BCUT2D eigenvalue weighted by atomic mass is 9.85. The fraction of sp³-hybridized carbons (Fsp3) is 0.625. The predicted molar refractivity (Wildman–Crippen MR) is 125 cm³/mol. The van der Waals surface area contributed by atoms with Crippen molar-refractivity contribution in [2.24, 2.45) is 5.41 Å². The van der Waals surface area contributed by atoms with Gasteiger partial charge in [0.1, 0.15) is 12.1 Å². The summed E-state index contributed by atoms with van der Waals surface area (Å²) in [5.74, 6) is 0.0171. The molecule has 2 aliphatic heterocycles. The Labute approximate surface area is 199 Å². The molecule has 0 unspecified atom stereocenters. The van der Waals surface area contributed by atoms with E-state index in [0.29, 0.717) is 19.0 Å². The van der Waals surface area contributed by atoms with Gasteiger partial charge in [-0.25, -0.2) is 4.68 Å². The average Bonchev–Trinajstić information content (AvgIpc) is 3.37. The van der Waals surface area contributed by atoms with Gasteiger partial charge in [-0.2, -0.15) is 0 Å². The van der Waals surface area contributed by atoms with E-state index in [1.54, 1.807) is 17.1 Å². The maximum atomic E-state index is 13.8. The number of hydrogen-bond acceptors (Lipinski definition) is 7.